The van der Waals surface area contributed by atoms with Crippen LogP contribution in [0.5, 0.6) is 5.75 Å². The van der Waals surface area contributed by atoms with Crippen molar-refractivity contribution >= 4 is 11.6 Å². The first-order valence-electron chi connectivity index (χ1n) is 11.2. The van der Waals surface area contributed by atoms with Crippen molar-refractivity contribution in [2.75, 3.05) is 11.9 Å². The Morgan fingerprint density at radius 1 is 0.967 bits per heavy atom. The summed E-state index contributed by atoms with van der Waals surface area (Å²) in [6.45, 7) is 16.1. The number of aryl methyl sites for hydroxylation is 1. The SMILES string of the molecule is CCC(C)(C)c1ccc(OCCCC(=O)Nc2ccccc2C)c(C(C)(C)CC)c1. The van der Waals surface area contributed by atoms with Crippen molar-refractivity contribution in [2.24, 2.45) is 0 Å². The molecule has 0 heterocycles. The Bertz CT molecular complexity index is 852. The predicted octanol–water partition coefficient (Wildman–Crippen LogP) is 7.17. The van der Waals surface area contributed by atoms with Crippen molar-refractivity contribution in [1.82, 2.24) is 0 Å². The Hall–Kier alpha value is -2.29. The Morgan fingerprint density at radius 2 is 1.63 bits per heavy atom. The normalized spacial score (nSPS) is 12.0. The van der Waals surface area contributed by atoms with E-state index in [9.17, 15) is 4.79 Å². The van der Waals surface area contributed by atoms with Crippen molar-refractivity contribution in [1.29, 1.82) is 0 Å². The third-order valence-electron chi connectivity index (χ3n) is 6.48. The number of amides is 1. The summed E-state index contributed by atoms with van der Waals surface area (Å²) < 4.78 is 6.17. The molecule has 0 atom stereocenters. The quantitative estimate of drug-likeness (QED) is 0.422. The van der Waals surface area contributed by atoms with Gasteiger partial charge in [-0.2, -0.15) is 0 Å². The van der Waals surface area contributed by atoms with Crippen LogP contribution in [-0.4, -0.2) is 12.5 Å². The molecule has 0 fully saturated rings. The molecule has 1 N–H and O–H groups in total. The molecule has 2 aromatic carbocycles. The van der Waals surface area contributed by atoms with Gasteiger partial charge in [0.25, 0.3) is 0 Å². The number of nitrogens with one attached hydrogen (secondary N) is 1. The molecule has 0 saturated heterocycles. The van der Waals surface area contributed by atoms with E-state index in [4.69, 9.17) is 4.74 Å². The molecule has 3 nitrogen and oxygen atoms in total. The van der Waals surface area contributed by atoms with E-state index in [1.165, 1.54) is 11.1 Å². The van der Waals surface area contributed by atoms with Gasteiger partial charge in [0.15, 0.2) is 0 Å². The topological polar surface area (TPSA) is 38.3 Å². The number of ether oxygens (including phenoxy) is 1. The Kier molecular flexibility index (Phi) is 8.11. The second-order valence-corrected chi connectivity index (χ2v) is 9.50. The number of rotatable bonds is 10. The van der Waals surface area contributed by atoms with Crippen LogP contribution >= 0.6 is 0 Å². The summed E-state index contributed by atoms with van der Waals surface area (Å²) in [5.41, 5.74) is 4.75. The van der Waals surface area contributed by atoms with E-state index in [0.717, 1.165) is 29.8 Å². The Morgan fingerprint density at radius 3 is 2.27 bits per heavy atom. The summed E-state index contributed by atoms with van der Waals surface area (Å²) >= 11 is 0. The van der Waals surface area contributed by atoms with E-state index in [1.807, 2.05) is 31.2 Å². The molecular weight excluding hydrogens is 370 g/mol. The van der Waals surface area contributed by atoms with Crippen LogP contribution in [0.3, 0.4) is 0 Å². The van der Waals surface area contributed by atoms with Crippen LogP contribution in [-0.2, 0) is 15.6 Å². The number of anilines is 1. The van der Waals surface area contributed by atoms with Crippen molar-refractivity contribution in [3.63, 3.8) is 0 Å². The smallest absolute Gasteiger partial charge is 0.224 e. The highest BCUT2D eigenvalue weighted by Crippen LogP contribution is 2.38. The first kappa shape index (κ1) is 24.0. The molecule has 3 heteroatoms. The lowest BCUT2D eigenvalue weighted by Gasteiger charge is -2.30. The highest BCUT2D eigenvalue weighted by atomic mass is 16.5. The molecular formula is C27H39NO2. The van der Waals surface area contributed by atoms with Crippen molar-refractivity contribution < 1.29 is 9.53 Å². The van der Waals surface area contributed by atoms with Gasteiger partial charge in [-0.1, -0.05) is 71.9 Å². The fourth-order valence-corrected chi connectivity index (χ4v) is 3.34. The second-order valence-electron chi connectivity index (χ2n) is 9.50. The highest BCUT2D eigenvalue weighted by Gasteiger charge is 2.26. The van der Waals surface area contributed by atoms with Crippen LogP contribution in [0.1, 0.15) is 83.9 Å². The number of para-hydroxylation sites is 1. The fourth-order valence-electron chi connectivity index (χ4n) is 3.34. The zero-order chi connectivity index (χ0) is 22.4. The molecule has 0 aliphatic heterocycles. The molecule has 0 bridgehead atoms. The highest BCUT2D eigenvalue weighted by molar-refractivity contribution is 5.91. The molecule has 0 unspecified atom stereocenters. The molecule has 0 aliphatic carbocycles. The zero-order valence-electron chi connectivity index (χ0n) is 19.9. The van der Waals surface area contributed by atoms with E-state index in [2.05, 4.69) is 65.1 Å². The van der Waals surface area contributed by atoms with Gasteiger partial charge in [-0.15, -0.1) is 0 Å². The van der Waals surface area contributed by atoms with Crippen molar-refractivity contribution in [3.05, 3.63) is 59.2 Å². The molecule has 0 aliphatic rings. The Labute approximate surface area is 183 Å². The van der Waals surface area contributed by atoms with Gasteiger partial charge in [-0.05, 0) is 60.3 Å². The molecule has 0 saturated carbocycles. The van der Waals surface area contributed by atoms with Crippen LogP contribution in [0.25, 0.3) is 0 Å². The minimum atomic E-state index is 0.0297. The number of hydrogen-bond donors (Lipinski definition) is 1. The van der Waals surface area contributed by atoms with E-state index in [1.54, 1.807) is 0 Å². The summed E-state index contributed by atoms with van der Waals surface area (Å²) in [7, 11) is 0. The van der Waals surface area contributed by atoms with Gasteiger partial charge in [-0.3, -0.25) is 4.79 Å². The number of carbonyl (C=O) groups is 1. The monoisotopic (exact) mass is 409 g/mol. The molecule has 2 aromatic rings. The fraction of sp³-hybridized carbons (Fsp3) is 0.519. The Balaban J connectivity index is 2.02. The molecule has 0 radical (unpaired) electrons. The second kappa shape index (κ2) is 10.1. The van der Waals surface area contributed by atoms with Crippen molar-refractivity contribution in [2.45, 2.75) is 85.0 Å². The van der Waals surface area contributed by atoms with Gasteiger partial charge in [0.1, 0.15) is 5.75 Å². The lowest BCUT2D eigenvalue weighted by Crippen LogP contribution is -2.21. The van der Waals surface area contributed by atoms with Crippen LogP contribution in [0.2, 0.25) is 0 Å². The van der Waals surface area contributed by atoms with E-state index in [0.29, 0.717) is 19.4 Å². The van der Waals surface area contributed by atoms with Crippen LogP contribution < -0.4 is 10.1 Å². The first-order valence-corrected chi connectivity index (χ1v) is 11.2. The number of carbonyl (C=O) groups excluding carboxylic acids is 1. The van der Waals surface area contributed by atoms with Crippen LogP contribution in [0, 0.1) is 6.92 Å². The van der Waals surface area contributed by atoms with Gasteiger partial charge >= 0.3 is 0 Å². The summed E-state index contributed by atoms with van der Waals surface area (Å²) in [6, 6.07) is 14.5. The maximum Gasteiger partial charge on any atom is 0.224 e. The lowest BCUT2D eigenvalue weighted by molar-refractivity contribution is -0.116. The molecule has 30 heavy (non-hydrogen) atoms. The standard InChI is InChI=1S/C27H39NO2/c1-8-26(4,5)21-16-17-24(22(19-21)27(6,7)9-2)30-18-12-15-25(29)28-23-14-11-10-13-20(23)3/h10-11,13-14,16-17,19H,8-9,12,15,18H2,1-7H3,(H,28,29). The molecule has 2 rings (SSSR count). The lowest BCUT2D eigenvalue weighted by atomic mass is 9.76. The number of hydrogen-bond acceptors (Lipinski definition) is 2. The largest absolute Gasteiger partial charge is 0.493 e. The predicted molar refractivity (Wildman–Crippen MR) is 128 cm³/mol. The van der Waals surface area contributed by atoms with Gasteiger partial charge in [0, 0.05) is 17.7 Å². The molecule has 164 valence electrons. The van der Waals surface area contributed by atoms with Gasteiger partial charge in [-0.25, -0.2) is 0 Å². The maximum absolute atomic E-state index is 12.3. The first-order chi connectivity index (χ1) is 14.1. The third-order valence-corrected chi connectivity index (χ3v) is 6.48. The van der Waals surface area contributed by atoms with E-state index in [-0.39, 0.29) is 16.7 Å². The van der Waals surface area contributed by atoms with Gasteiger partial charge < -0.3 is 10.1 Å². The maximum atomic E-state index is 12.3. The summed E-state index contributed by atoms with van der Waals surface area (Å²) in [5, 5.41) is 2.99. The number of benzene rings is 2. The van der Waals surface area contributed by atoms with E-state index >= 15 is 0 Å². The minimum Gasteiger partial charge on any atom is -0.493 e. The van der Waals surface area contributed by atoms with E-state index < -0.39 is 0 Å². The average Bonchev–Trinajstić information content (AvgIpc) is 2.72. The average molecular weight is 410 g/mol. The van der Waals surface area contributed by atoms with Gasteiger partial charge in [0.2, 0.25) is 5.91 Å². The summed E-state index contributed by atoms with van der Waals surface area (Å²) in [5.74, 6) is 0.971. The van der Waals surface area contributed by atoms with Gasteiger partial charge in [0.05, 0.1) is 6.61 Å². The third kappa shape index (κ3) is 6.10. The summed E-state index contributed by atoms with van der Waals surface area (Å²) in [6.07, 6.45) is 3.26. The molecule has 0 aromatic heterocycles. The van der Waals surface area contributed by atoms with Crippen LogP contribution in [0.15, 0.2) is 42.5 Å². The molecule has 1 amide bonds. The minimum absolute atomic E-state index is 0.0297. The summed E-state index contributed by atoms with van der Waals surface area (Å²) in [4.78, 5) is 12.3. The molecule has 0 spiro atoms. The van der Waals surface area contributed by atoms with Crippen LogP contribution in [0.4, 0.5) is 5.69 Å². The zero-order valence-corrected chi connectivity index (χ0v) is 19.9. The van der Waals surface area contributed by atoms with Crippen molar-refractivity contribution in [3.8, 4) is 5.75 Å².